The molecule has 0 amide bonds. The Balaban J connectivity index is 2.05. The van der Waals surface area contributed by atoms with Gasteiger partial charge in [-0.15, -0.1) is 0 Å². The van der Waals surface area contributed by atoms with Gasteiger partial charge in [-0.05, 0) is 19.1 Å². The number of benzene rings is 1. The second kappa shape index (κ2) is 5.18. The van der Waals surface area contributed by atoms with Gasteiger partial charge in [0.25, 0.3) is 5.56 Å². The third-order valence-electron chi connectivity index (χ3n) is 2.52. The van der Waals surface area contributed by atoms with Crippen molar-refractivity contribution in [2.45, 2.75) is 13.0 Å². The molecule has 1 aromatic heterocycles. The zero-order valence-electron chi connectivity index (χ0n) is 9.89. The fourth-order valence-electron chi connectivity index (χ4n) is 1.60. The van der Waals surface area contributed by atoms with E-state index in [4.69, 9.17) is 22.1 Å². The summed E-state index contributed by atoms with van der Waals surface area (Å²) in [6.07, 6.45) is 0. The van der Waals surface area contributed by atoms with E-state index < -0.39 is 0 Å². The second-order valence-electron chi connectivity index (χ2n) is 4.01. The lowest BCUT2D eigenvalue weighted by atomic mass is 10.3. The highest BCUT2D eigenvalue weighted by Crippen LogP contribution is 2.23. The maximum absolute atomic E-state index is 11.5. The Hall–Kier alpha value is -1.88. The minimum Gasteiger partial charge on any atom is -0.490 e. The van der Waals surface area contributed by atoms with Gasteiger partial charge in [-0.1, -0.05) is 23.7 Å². The van der Waals surface area contributed by atoms with Crippen molar-refractivity contribution in [1.29, 1.82) is 0 Å². The summed E-state index contributed by atoms with van der Waals surface area (Å²) < 4.78 is 6.99. The summed E-state index contributed by atoms with van der Waals surface area (Å²) >= 11 is 5.97. The van der Waals surface area contributed by atoms with E-state index in [0.717, 1.165) is 0 Å². The average molecular weight is 268 g/mol. The standard InChI is InChI=1S/C12H14ClN3O2/c1-8(16-12(17)6-11(14)15-16)7-18-10-5-3-2-4-9(10)13/h2-6,8,15H,7,14H2,1H3. The number of aromatic nitrogens is 2. The number of para-hydroxylation sites is 1. The van der Waals surface area contributed by atoms with E-state index in [2.05, 4.69) is 5.10 Å². The molecule has 96 valence electrons. The SMILES string of the molecule is CC(COc1ccccc1Cl)n1[nH]c(N)cc1=O. The molecule has 0 spiro atoms. The van der Waals surface area contributed by atoms with Crippen molar-refractivity contribution in [3.8, 4) is 5.75 Å². The Morgan fingerprint density at radius 2 is 2.22 bits per heavy atom. The Kier molecular flexibility index (Phi) is 3.62. The molecule has 0 saturated carbocycles. The number of hydrogen-bond donors (Lipinski definition) is 2. The molecule has 0 radical (unpaired) electrons. The number of hydrogen-bond acceptors (Lipinski definition) is 3. The highest BCUT2D eigenvalue weighted by atomic mass is 35.5. The first kappa shape index (κ1) is 12.6. The molecular weight excluding hydrogens is 254 g/mol. The molecule has 1 heterocycles. The van der Waals surface area contributed by atoms with Crippen LogP contribution in [0.2, 0.25) is 5.02 Å². The quantitative estimate of drug-likeness (QED) is 0.890. The number of anilines is 1. The molecule has 0 aliphatic rings. The van der Waals surface area contributed by atoms with Gasteiger partial charge in [0, 0.05) is 6.07 Å². The largest absolute Gasteiger partial charge is 0.490 e. The van der Waals surface area contributed by atoms with Crippen molar-refractivity contribution < 1.29 is 4.74 Å². The smallest absolute Gasteiger partial charge is 0.269 e. The van der Waals surface area contributed by atoms with Gasteiger partial charge < -0.3 is 10.5 Å². The molecule has 0 saturated heterocycles. The fourth-order valence-corrected chi connectivity index (χ4v) is 1.79. The van der Waals surface area contributed by atoms with Gasteiger partial charge in [-0.2, -0.15) is 0 Å². The van der Waals surface area contributed by atoms with Gasteiger partial charge in [0.15, 0.2) is 0 Å². The molecule has 2 rings (SSSR count). The van der Waals surface area contributed by atoms with Crippen LogP contribution in [0.25, 0.3) is 0 Å². The number of halogens is 1. The number of nitrogen functional groups attached to an aromatic ring is 1. The summed E-state index contributed by atoms with van der Waals surface area (Å²) in [6.45, 7) is 2.18. The van der Waals surface area contributed by atoms with Gasteiger partial charge in [0.05, 0.1) is 11.1 Å². The van der Waals surface area contributed by atoms with Gasteiger partial charge in [-0.25, -0.2) is 4.68 Å². The van der Waals surface area contributed by atoms with E-state index in [9.17, 15) is 4.79 Å². The highest BCUT2D eigenvalue weighted by Gasteiger charge is 2.10. The number of rotatable bonds is 4. The zero-order chi connectivity index (χ0) is 13.1. The van der Waals surface area contributed by atoms with Crippen LogP contribution in [0, 0.1) is 0 Å². The van der Waals surface area contributed by atoms with Crippen LogP contribution in [0.15, 0.2) is 35.1 Å². The van der Waals surface area contributed by atoms with E-state index in [1.165, 1.54) is 10.7 Å². The maximum Gasteiger partial charge on any atom is 0.269 e. The molecule has 18 heavy (non-hydrogen) atoms. The zero-order valence-corrected chi connectivity index (χ0v) is 10.6. The first-order valence-corrected chi connectivity index (χ1v) is 5.90. The minimum absolute atomic E-state index is 0.161. The molecule has 3 N–H and O–H groups in total. The molecule has 2 aromatic rings. The predicted molar refractivity (Wildman–Crippen MR) is 71.1 cm³/mol. The molecule has 1 aromatic carbocycles. The van der Waals surface area contributed by atoms with Crippen molar-refractivity contribution >= 4 is 17.4 Å². The third-order valence-corrected chi connectivity index (χ3v) is 2.84. The van der Waals surface area contributed by atoms with Crippen molar-refractivity contribution in [1.82, 2.24) is 9.78 Å². The van der Waals surface area contributed by atoms with Gasteiger partial charge in [-0.3, -0.25) is 9.89 Å². The van der Waals surface area contributed by atoms with Crippen molar-refractivity contribution in [2.75, 3.05) is 12.3 Å². The average Bonchev–Trinajstić information content (AvgIpc) is 2.67. The molecule has 1 unspecified atom stereocenters. The van der Waals surface area contributed by atoms with Crippen LogP contribution in [-0.2, 0) is 0 Å². The summed E-state index contributed by atoms with van der Waals surface area (Å²) in [6, 6.07) is 8.37. The van der Waals surface area contributed by atoms with Crippen molar-refractivity contribution in [3.05, 3.63) is 45.7 Å². The van der Waals surface area contributed by atoms with E-state index in [1.54, 1.807) is 12.1 Å². The van der Waals surface area contributed by atoms with Crippen LogP contribution >= 0.6 is 11.6 Å². The van der Waals surface area contributed by atoms with Crippen LogP contribution in [0.1, 0.15) is 13.0 Å². The van der Waals surface area contributed by atoms with Gasteiger partial charge >= 0.3 is 0 Å². The normalized spacial score (nSPS) is 12.3. The van der Waals surface area contributed by atoms with Gasteiger partial charge in [0.1, 0.15) is 18.2 Å². The lowest BCUT2D eigenvalue weighted by molar-refractivity contribution is 0.248. The van der Waals surface area contributed by atoms with E-state index >= 15 is 0 Å². The van der Waals surface area contributed by atoms with E-state index in [-0.39, 0.29) is 11.6 Å². The number of nitrogens with two attached hydrogens (primary N) is 1. The topological polar surface area (TPSA) is 73.0 Å². The highest BCUT2D eigenvalue weighted by molar-refractivity contribution is 6.32. The second-order valence-corrected chi connectivity index (χ2v) is 4.42. The maximum atomic E-state index is 11.5. The number of nitrogens with one attached hydrogen (secondary N) is 1. The lowest BCUT2D eigenvalue weighted by Gasteiger charge is -2.14. The molecule has 0 bridgehead atoms. The fraction of sp³-hybridized carbons (Fsp3) is 0.250. The summed E-state index contributed by atoms with van der Waals surface area (Å²) in [5, 5.41) is 3.31. The first-order chi connectivity index (χ1) is 8.58. The summed E-state index contributed by atoms with van der Waals surface area (Å²) in [5.74, 6) is 0.934. The lowest BCUT2D eigenvalue weighted by Crippen LogP contribution is -2.24. The number of nitrogens with zero attached hydrogens (tertiary/aromatic N) is 1. The minimum atomic E-state index is -0.178. The summed E-state index contributed by atoms with van der Waals surface area (Å²) in [4.78, 5) is 11.5. The van der Waals surface area contributed by atoms with Crippen LogP contribution in [0.5, 0.6) is 5.75 Å². The molecular formula is C12H14ClN3O2. The van der Waals surface area contributed by atoms with Crippen LogP contribution < -0.4 is 16.0 Å². The van der Waals surface area contributed by atoms with Crippen LogP contribution in [0.3, 0.4) is 0 Å². The monoisotopic (exact) mass is 267 g/mol. The number of ether oxygens (including phenoxy) is 1. The molecule has 5 nitrogen and oxygen atoms in total. The Morgan fingerprint density at radius 3 is 2.83 bits per heavy atom. The van der Waals surface area contributed by atoms with Gasteiger partial charge in [0.2, 0.25) is 0 Å². The van der Waals surface area contributed by atoms with Crippen molar-refractivity contribution in [3.63, 3.8) is 0 Å². The molecule has 1 atom stereocenters. The Labute approximate surface area is 109 Å². The Morgan fingerprint density at radius 1 is 1.50 bits per heavy atom. The molecule has 0 aliphatic carbocycles. The summed E-state index contributed by atoms with van der Waals surface area (Å²) in [5.41, 5.74) is 5.33. The Bertz CT molecular complexity index is 591. The molecule has 6 heteroatoms. The first-order valence-electron chi connectivity index (χ1n) is 5.52. The number of H-pyrrole nitrogens is 1. The van der Waals surface area contributed by atoms with Crippen molar-refractivity contribution in [2.24, 2.45) is 0 Å². The molecule has 0 aliphatic heterocycles. The summed E-state index contributed by atoms with van der Waals surface area (Å²) in [7, 11) is 0. The number of aromatic amines is 1. The predicted octanol–water partition coefficient (Wildman–Crippen LogP) is 2.05. The van der Waals surface area contributed by atoms with Crippen LogP contribution in [0.4, 0.5) is 5.82 Å². The molecule has 0 fully saturated rings. The third kappa shape index (κ3) is 2.68. The van der Waals surface area contributed by atoms with Crippen LogP contribution in [-0.4, -0.2) is 16.4 Å². The van der Waals surface area contributed by atoms with E-state index in [0.29, 0.717) is 23.2 Å². The van der Waals surface area contributed by atoms with E-state index in [1.807, 2.05) is 19.1 Å².